The van der Waals surface area contributed by atoms with E-state index in [0.29, 0.717) is 6.29 Å². The average molecular weight is 165 g/mol. The van der Waals surface area contributed by atoms with E-state index in [1.807, 2.05) is 0 Å². The number of ketones is 1. The molecule has 4 nitrogen and oxygen atoms in total. The summed E-state index contributed by atoms with van der Waals surface area (Å²) < 4.78 is 0. The summed E-state index contributed by atoms with van der Waals surface area (Å²) >= 11 is 0. The minimum Gasteiger partial charge on any atom is -0.328 e. The maximum absolute atomic E-state index is 11.0. The Morgan fingerprint density at radius 1 is 1.58 bits per heavy atom. The van der Waals surface area contributed by atoms with Crippen LogP contribution < -0.4 is 5.56 Å². The van der Waals surface area contributed by atoms with Crippen molar-refractivity contribution >= 4 is 12.1 Å². The number of aromatic nitrogens is 1. The summed E-state index contributed by atoms with van der Waals surface area (Å²) in [6.45, 7) is 1.25. The molecule has 0 aliphatic rings. The first-order valence-electron chi connectivity index (χ1n) is 3.34. The van der Waals surface area contributed by atoms with Gasteiger partial charge in [-0.1, -0.05) is 0 Å². The van der Waals surface area contributed by atoms with Gasteiger partial charge in [0.05, 0.1) is 5.56 Å². The number of nitrogens with one attached hydrogen (secondary N) is 1. The number of Topliss-reactive ketones (excluding diaryl/α,β-unsaturated/α-hetero) is 1. The molecule has 1 N–H and O–H groups in total. The zero-order valence-electron chi connectivity index (χ0n) is 6.46. The predicted octanol–water partition coefficient (Wildman–Crippen LogP) is 0.390. The van der Waals surface area contributed by atoms with E-state index in [2.05, 4.69) is 4.98 Å². The Kier molecular flexibility index (Phi) is 2.19. The molecule has 0 unspecified atom stereocenters. The van der Waals surface area contributed by atoms with E-state index >= 15 is 0 Å². The first-order valence-corrected chi connectivity index (χ1v) is 3.34. The predicted molar refractivity (Wildman–Crippen MR) is 42.5 cm³/mol. The van der Waals surface area contributed by atoms with Crippen molar-refractivity contribution in [2.24, 2.45) is 0 Å². The minimum atomic E-state index is -0.521. The number of aromatic amines is 1. The fraction of sp³-hybridized carbons (Fsp3) is 0.125. The van der Waals surface area contributed by atoms with Crippen molar-refractivity contribution in [2.45, 2.75) is 6.92 Å². The third kappa shape index (κ3) is 1.32. The van der Waals surface area contributed by atoms with E-state index in [9.17, 15) is 14.4 Å². The van der Waals surface area contributed by atoms with Crippen molar-refractivity contribution < 1.29 is 9.59 Å². The fourth-order valence-electron chi connectivity index (χ4n) is 0.955. The summed E-state index contributed by atoms with van der Waals surface area (Å²) in [6, 6.07) is 1.39. The molecule has 0 aliphatic carbocycles. The van der Waals surface area contributed by atoms with Crippen LogP contribution in [0.3, 0.4) is 0 Å². The lowest BCUT2D eigenvalue weighted by Gasteiger charge is -1.96. The van der Waals surface area contributed by atoms with Crippen molar-refractivity contribution in [1.29, 1.82) is 0 Å². The van der Waals surface area contributed by atoms with Gasteiger partial charge in [-0.05, 0) is 13.0 Å². The van der Waals surface area contributed by atoms with Crippen LogP contribution in [0.15, 0.2) is 17.1 Å². The van der Waals surface area contributed by atoms with E-state index in [1.54, 1.807) is 0 Å². The number of carbonyl (C=O) groups excluding carboxylic acids is 2. The standard InChI is InChI=1S/C8H7NO3/c1-5(11)7-6(4-10)2-3-9-8(7)12/h2-4H,1H3,(H,9,12). The smallest absolute Gasteiger partial charge is 0.259 e. The highest BCUT2D eigenvalue weighted by Crippen LogP contribution is 1.99. The third-order valence-corrected chi connectivity index (χ3v) is 1.47. The van der Waals surface area contributed by atoms with Crippen LogP contribution in [0.4, 0.5) is 0 Å². The molecule has 1 rings (SSSR count). The van der Waals surface area contributed by atoms with E-state index in [4.69, 9.17) is 0 Å². The van der Waals surface area contributed by atoms with Gasteiger partial charge in [-0.15, -0.1) is 0 Å². The number of carbonyl (C=O) groups is 2. The van der Waals surface area contributed by atoms with Crippen molar-refractivity contribution in [3.8, 4) is 0 Å². The first-order chi connectivity index (χ1) is 5.66. The van der Waals surface area contributed by atoms with Gasteiger partial charge in [-0.2, -0.15) is 0 Å². The van der Waals surface area contributed by atoms with E-state index in [-0.39, 0.29) is 11.1 Å². The van der Waals surface area contributed by atoms with Gasteiger partial charge in [-0.25, -0.2) is 0 Å². The molecule has 62 valence electrons. The molecule has 0 fully saturated rings. The minimum absolute atomic E-state index is 0.0764. The van der Waals surface area contributed by atoms with Crippen LogP contribution in [0.2, 0.25) is 0 Å². The first kappa shape index (κ1) is 8.39. The Morgan fingerprint density at radius 2 is 2.25 bits per heavy atom. The van der Waals surface area contributed by atoms with Crippen molar-refractivity contribution in [3.63, 3.8) is 0 Å². The number of aldehydes is 1. The lowest BCUT2D eigenvalue weighted by Crippen LogP contribution is -2.17. The van der Waals surface area contributed by atoms with Gasteiger partial charge in [0, 0.05) is 11.8 Å². The quantitative estimate of drug-likeness (QED) is 0.509. The Bertz CT molecular complexity index is 378. The Morgan fingerprint density at radius 3 is 2.67 bits per heavy atom. The van der Waals surface area contributed by atoms with Crippen LogP contribution in [-0.4, -0.2) is 17.1 Å². The Labute approximate surface area is 68.2 Å². The highest BCUT2D eigenvalue weighted by molar-refractivity contribution is 6.00. The molecular weight excluding hydrogens is 158 g/mol. The van der Waals surface area contributed by atoms with Crippen molar-refractivity contribution in [2.75, 3.05) is 0 Å². The maximum atomic E-state index is 11.0. The molecule has 0 amide bonds. The van der Waals surface area contributed by atoms with Gasteiger partial charge in [0.2, 0.25) is 0 Å². The second kappa shape index (κ2) is 3.13. The summed E-state index contributed by atoms with van der Waals surface area (Å²) in [6.07, 6.45) is 1.82. The monoisotopic (exact) mass is 165 g/mol. The molecular formula is C8H7NO3. The third-order valence-electron chi connectivity index (χ3n) is 1.47. The molecule has 4 heteroatoms. The lowest BCUT2D eigenvalue weighted by atomic mass is 10.1. The number of rotatable bonds is 2. The number of H-pyrrole nitrogens is 1. The highest BCUT2D eigenvalue weighted by atomic mass is 16.1. The second-order valence-corrected chi connectivity index (χ2v) is 2.31. The van der Waals surface area contributed by atoms with E-state index in [1.165, 1.54) is 19.2 Å². The maximum Gasteiger partial charge on any atom is 0.259 e. The summed E-state index contributed by atoms with van der Waals surface area (Å²) in [5, 5.41) is 0. The molecule has 1 aromatic heterocycles. The fourth-order valence-corrected chi connectivity index (χ4v) is 0.955. The second-order valence-electron chi connectivity index (χ2n) is 2.31. The molecule has 0 radical (unpaired) electrons. The molecule has 0 spiro atoms. The number of hydrogen-bond acceptors (Lipinski definition) is 3. The molecule has 1 heterocycles. The lowest BCUT2D eigenvalue weighted by molar-refractivity contribution is 0.100. The molecule has 0 saturated heterocycles. The normalized spacial score (nSPS) is 9.42. The van der Waals surface area contributed by atoms with Gasteiger partial charge < -0.3 is 4.98 Å². The highest BCUT2D eigenvalue weighted by Gasteiger charge is 2.09. The van der Waals surface area contributed by atoms with E-state index in [0.717, 1.165) is 0 Å². The summed E-state index contributed by atoms with van der Waals surface area (Å²) in [5.74, 6) is -0.404. The van der Waals surface area contributed by atoms with Gasteiger partial charge >= 0.3 is 0 Å². The van der Waals surface area contributed by atoms with Crippen LogP contribution in [0.5, 0.6) is 0 Å². The van der Waals surface area contributed by atoms with Gasteiger partial charge in [0.25, 0.3) is 5.56 Å². The molecule has 1 aromatic rings. The molecule has 0 atom stereocenters. The number of hydrogen-bond donors (Lipinski definition) is 1. The van der Waals surface area contributed by atoms with Gasteiger partial charge in [0.1, 0.15) is 0 Å². The van der Waals surface area contributed by atoms with Crippen LogP contribution in [-0.2, 0) is 0 Å². The molecule has 0 bridgehead atoms. The number of pyridine rings is 1. The molecule has 12 heavy (non-hydrogen) atoms. The summed E-state index contributed by atoms with van der Waals surface area (Å²) in [7, 11) is 0. The molecule has 0 saturated carbocycles. The van der Waals surface area contributed by atoms with E-state index < -0.39 is 11.3 Å². The molecule has 0 aliphatic heterocycles. The Balaban J connectivity index is 3.50. The largest absolute Gasteiger partial charge is 0.328 e. The van der Waals surface area contributed by atoms with Crippen molar-refractivity contribution in [3.05, 3.63) is 33.7 Å². The SMILES string of the molecule is CC(=O)c1c(C=O)cc[nH]c1=O. The van der Waals surface area contributed by atoms with Crippen LogP contribution in [0.25, 0.3) is 0 Å². The zero-order chi connectivity index (χ0) is 9.14. The van der Waals surface area contributed by atoms with Crippen molar-refractivity contribution in [1.82, 2.24) is 4.98 Å². The van der Waals surface area contributed by atoms with Gasteiger partial charge in [-0.3, -0.25) is 14.4 Å². The average Bonchev–Trinajstić information content (AvgIpc) is 2.03. The van der Waals surface area contributed by atoms with Crippen LogP contribution in [0, 0.1) is 0 Å². The molecule has 0 aromatic carbocycles. The van der Waals surface area contributed by atoms with Crippen LogP contribution in [0.1, 0.15) is 27.6 Å². The Hall–Kier alpha value is -1.71. The zero-order valence-corrected chi connectivity index (χ0v) is 6.46. The topological polar surface area (TPSA) is 67.0 Å². The van der Waals surface area contributed by atoms with Crippen LogP contribution >= 0.6 is 0 Å². The van der Waals surface area contributed by atoms with Gasteiger partial charge in [0.15, 0.2) is 12.1 Å². The summed E-state index contributed by atoms with van der Waals surface area (Å²) in [4.78, 5) is 34.6. The summed E-state index contributed by atoms with van der Waals surface area (Å²) in [5.41, 5.74) is -0.467.